The first-order valence-electron chi connectivity index (χ1n) is 7.94. The third-order valence-electron chi connectivity index (χ3n) is 3.72. The lowest BCUT2D eigenvalue weighted by Gasteiger charge is -2.09. The molecule has 5 heteroatoms. The van der Waals surface area contributed by atoms with Crippen LogP contribution in [0.3, 0.4) is 0 Å². The topological polar surface area (TPSA) is 62.7 Å². The molecule has 2 N–H and O–H groups in total. The van der Waals surface area contributed by atoms with Crippen molar-refractivity contribution in [2.24, 2.45) is 5.10 Å². The molecule has 3 aromatic rings. The Kier molecular flexibility index (Phi) is 5.26. The van der Waals surface area contributed by atoms with Crippen molar-refractivity contribution in [2.45, 2.75) is 0 Å². The molecule has 0 aliphatic rings. The predicted octanol–water partition coefficient (Wildman–Crippen LogP) is 3.41. The summed E-state index contributed by atoms with van der Waals surface area (Å²) in [6, 6.07) is 21.6. The lowest BCUT2D eigenvalue weighted by Crippen LogP contribution is -2.26. The number of carbonyl (C=O) groups excluding carboxylic acids is 1. The number of hydrogen-bond acceptors (Lipinski definition) is 4. The van der Waals surface area contributed by atoms with E-state index in [2.05, 4.69) is 21.9 Å². The average molecular weight is 333 g/mol. The van der Waals surface area contributed by atoms with E-state index in [9.17, 15) is 4.79 Å². The monoisotopic (exact) mass is 333 g/mol. The maximum Gasteiger partial charge on any atom is 0.259 e. The van der Waals surface area contributed by atoms with Gasteiger partial charge in [0.05, 0.1) is 25.6 Å². The maximum atomic E-state index is 11.9. The third kappa shape index (κ3) is 4.35. The fourth-order valence-electron chi connectivity index (χ4n) is 2.47. The Morgan fingerprint density at radius 2 is 1.80 bits per heavy atom. The van der Waals surface area contributed by atoms with Crippen molar-refractivity contribution in [3.05, 3.63) is 72.3 Å². The maximum absolute atomic E-state index is 11.9. The Morgan fingerprint density at radius 3 is 2.64 bits per heavy atom. The highest BCUT2D eigenvalue weighted by atomic mass is 16.5. The van der Waals surface area contributed by atoms with Gasteiger partial charge in [-0.15, -0.1) is 0 Å². The van der Waals surface area contributed by atoms with E-state index >= 15 is 0 Å². The van der Waals surface area contributed by atoms with E-state index in [1.165, 1.54) is 5.39 Å². The molecule has 0 aliphatic heterocycles. The SMILES string of the molecule is COc1ccccc1NCC(=O)N/N=C\c1ccc2ccccc2c1. The van der Waals surface area contributed by atoms with Gasteiger partial charge in [-0.2, -0.15) is 5.10 Å². The van der Waals surface area contributed by atoms with Crippen LogP contribution in [0.15, 0.2) is 71.8 Å². The number of nitrogens with zero attached hydrogens (tertiary/aromatic N) is 1. The molecule has 0 unspecified atom stereocenters. The molecular weight excluding hydrogens is 314 g/mol. The minimum absolute atomic E-state index is 0.107. The molecule has 0 fully saturated rings. The Hall–Kier alpha value is -3.34. The van der Waals surface area contributed by atoms with Gasteiger partial charge in [0.2, 0.25) is 0 Å². The summed E-state index contributed by atoms with van der Waals surface area (Å²) >= 11 is 0. The first-order valence-corrected chi connectivity index (χ1v) is 7.94. The highest BCUT2D eigenvalue weighted by Crippen LogP contribution is 2.22. The molecule has 0 atom stereocenters. The molecule has 0 spiro atoms. The number of hydrogen-bond donors (Lipinski definition) is 2. The second-order valence-corrected chi connectivity index (χ2v) is 5.45. The summed E-state index contributed by atoms with van der Waals surface area (Å²) in [5, 5.41) is 9.34. The molecule has 0 aromatic heterocycles. The van der Waals surface area contributed by atoms with E-state index in [1.54, 1.807) is 13.3 Å². The predicted molar refractivity (Wildman–Crippen MR) is 101 cm³/mol. The summed E-state index contributed by atoms with van der Waals surface area (Å²) in [5.41, 5.74) is 4.20. The number of carbonyl (C=O) groups is 1. The highest BCUT2D eigenvalue weighted by molar-refractivity contribution is 5.91. The number of benzene rings is 3. The van der Waals surface area contributed by atoms with Crippen LogP contribution >= 0.6 is 0 Å². The van der Waals surface area contributed by atoms with Crippen LogP contribution in [0.1, 0.15) is 5.56 Å². The van der Waals surface area contributed by atoms with Crippen molar-refractivity contribution >= 4 is 28.6 Å². The van der Waals surface area contributed by atoms with Gasteiger partial charge in [0, 0.05) is 0 Å². The number of hydrazone groups is 1. The number of amides is 1. The second kappa shape index (κ2) is 7.97. The van der Waals surface area contributed by atoms with Crippen molar-refractivity contribution in [1.82, 2.24) is 5.43 Å². The number of para-hydroxylation sites is 2. The van der Waals surface area contributed by atoms with E-state index in [4.69, 9.17) is 4.74 Å². The summed E-state index contributed by atoms with van der Waals surface area (Å²) in [4.78, 5) is 11.9. The van der Waals surface area contributed by atoms with Crippen LogP contribution in [-0.2, 0) is 4.79 Å². The van der Waals surface area contributed by atoms with Gasteiger partial charge in [-0.05, 0) is 34.5 Å². The van der Waals surface area contributed by atoms with Crippen molar-refractivity contribution in [2.75, 3.05) is 19.0 Å². The molecule has 5 nitrogen and oxygen atoms in total. The normalized spacial score (nSPS) is 10.8. The first-order chi connectivity index (χ1) is 12.3. The Morgan fingerprint density at radius 1 is 1.04 bits per heavy atom. The largest absolute Gasteiger partial charge is 0.495 e. The molecule has 126 valence electrons. The zero-order valence-corrected chi connectivity index (χ0v) is 13.9. The number of anilines is 1. The van der Waals surface area contributed by atoms with Gasteiger partial charge in [-0.1, -0.05) is 48.5 Å². The van der Waals surface area contributed by atoms with E-state index in [1.807, 2.05) is 60.7 Å². The molecule has 0 saturated carbocycles. The van der Waals surface area contributed by atoms with Crippen LogP contribution in [0.4, 0.5) is 5.69 Å². The van der Waals surface area contributed by atoms with E-state index in [0.717, 1.165) is 16.6 Å². The molecule has 0 aliphatic carbocycles. The number of fused-ring (bicyclic) bond motifs is 1. The first kappa shape index (κ1) is 16.5. The van der Waals surface area contributed by atoms with Crippen LogP contribution in [0, 0.1) is 0 Å². The zero-order chi connectivity index (χ0) is 17.5. The Bertz CT molecular complexity index is 906. The smallest absolute Gasteiger partial charge is 0.259 e. The summed E-state index contributed by atoms with van der Waals surface area (Å²) < 4.78 is 5.23. The van der Waals surface area contributed by atoms with E-state index < -0.39 is 0 Å². The lowest BCUT2D eigenvalue weighted by molar-refractivity contribution is -0.119. The summed E-state index contributed by atoms with van der Waals surface area (Å²) in [6.45, 7) is 0.107. The lowest BCUT2D eigenvalue weighted by atomic mass is 10.1. The minimum Gasteiger partial charge on any atom is -0.495 e. The van der Waals surface area contributed by atoms with Gasteiger partial charge in [-0.25, -0.2) is 5.43 Å². The number of rotatable bonds is 6. The molecule has 0 saturated heterocycles. The van der Waals surface area contributed by atoms with Crippen LogP contribution in [-0.4, -0.2) is 25.8 Å². The molecule has 0 bridgehead atoms. The molecular formula is C20H19N3O2. The quantitative estimate of drug-likeness (QED) is 0.537. The van der Waals surface area contributed by atoms with Gasteiger partial charge in [0.25, 0.3) is 5.91 Å². The Balaban J connectivity index is 1.55. The van der Waals surface area contributed by atoms with Crippen molar-refractivity contribution in [3.8, 4) is 5.75 Å². The van der Waals surface area contributed by atoms with Crippen LogP contribution in [0.25, 0.3) is 10.8 Å². The molecule has 25 heavy (non-hydrogen) atoms. The third-order valence-corrected chi connectivity index (χ3v) is 3.72. The van der Waals surface area contributed by atoms with Gasteiger partial charge in [0.15, 0.2) is 0 Å². The van der Waals surface area contributed by atoms with Gasteiger partial charge >= 0.3 is 0 Å². The molecule has 1 amide bonds. The number of ether oxygens (including phenoxy) is 1. The van der Waals surface area contributed by atoms with Gasteiger partial charge in [0.1, 0.15) is 5.75 Å². The second-order valence-electron chi connectivity index (χ2n) is 5.45. The summed E-state index contributed by atoms with van der Waals surface area (Å²) in [5.74, 6) is 0.456. The molecule has 0 heterocycles. The molecule has 3 aromatic carbocycles. The van der Waals surface area contributed by atoms with E-state index in [-0.39, 0.29) is 12.5 Å². The zero-order valence-electron chi connectivity index (χ0n) is 13.9. The standard InChI is InChI=1S/C20H19N3O2/c1-25-19-9-5-4-8-18(19)21-14-20(24)23-22-13-15-10-11-16-6-2-3-7-17(16)12-15/h2-13,21H,14H2,1H3,(H,23,24)/b22-13-. The van der Waals surface area contributed by atoms with Gasteiger partial charge < -0.3 is 10.1 Å². The van der Waals surface area contributed by atoms with Gasteiger partial charge in [-0.3, -0.25) is 4.79 Å². The van der Waals surface area contributed by atoms with Crippen LogP contribution in [0.5, 0.6) is 5.75 Å². The molecule has 3 rings (SSSR count). The van der Waals surface area contributed by atoms with Crippen LogP contribution < -0.4 is 15.5 Å². The van der Waals surface area contributed by atoms with Crippen molar-refractivity contribution in [3.63, 3.8) is 0 Å². The van der Waals surface area contributed by atoms with Crippen molar-refractivity contribution < 1.29 is 9.53 Å². The fraction of sp³-hybridized carbons (Fsp3) is 0.100. The average Bonchev–Trinajstić information content (AvgIpc) is 2.66. The fourth-order valence-corrected chi connectivity index (χ4v) is 2.47. The van der Waals surface area contributed by atoms with E-state index in [0.29, 0.717) is 5.75 Å². The van der Waals surface area contributed by atoms with Crippen LogP contribution in [0.2, 0.25) is 0 Å². The minimum atomic E-state index is -0.233. The summed E-state index contributed by atoms with van der Waals surface area (Å²) in [6.07, 6.45) is 1.63. The number of nitrogens with one attached hydrogen (secondary N) is 2. The highest BCUT2D eigenvalue weighted by Gasteiger charge is 2.03. The summed E-state index contributed by atoms with van der Waals surface area (Å²) in [7, 11) is 1.59. The molecule has 0 radical (unpaired) electrons. The van der Waals surface area contributed by atoms with Crippen molar-refractivity contribution in [1.29, 1.82) is 0 Å². The Labute approximate surface area is 146 Å². The number of methoxy groups -OCH3 is 1.